The van der Waals surface area contributed by atoms with E-state index >= 15 is 0 Å². The third kappa shape index (κ3) is 6.61. The van der Waals surface area contributed by atoms with E-state index in [2.05, 4.69) is 6.92 Å². The van der Waals surface area contributed by atoms with Crippen molar-refractivity contribution in [1.29, 1.82) is 0 Å². The molecule has 0 radical (unpaired) electrons. The molecule has 1 saturated heterocycles. The Bertz CT molecular complexity index is 1010. The Morgan fingerprint density at radius 2 is 1.87 bits per heavy atom. The van der Waals surface area contributed by atoms with E-state index in [1.807, 2.05) is 0 Å². The van der Waals surface area contributed by atoms with Crippen LogP contribution in [-0.2, 0) is 16.4 Å². The molecule has 0 N–H and O–H groups in total. The van der Waals surface area contributed by atoms with Crippen molar-refractivity contribution in [3.63, 3.8) is 0 Å². The predicted molar refractivity (Wildman–Crippen MR) is 125 cm³/mol. The fourth-order valence-electron chi connectivity index (χ4n) is 3.62. The van der Waals surface area contributed by atoms with Crippen molar-refractivity contribution >= 4 is 38.9 Å². The van der Waals surface area contributed by atoms with Gasteiger partial charge in [0.05, 0.1) is 18.1 Å². The van der Waals surface area contributed by atoms with Crippen LogP contribution < -0.4 is 4.74 Å². The molecule has 1 aliphatic rings. The van der Waals surface area contributed by atoms with Gasteiger partial charge >= 0.3 is 0 Å². The van der Waals surface area contributed by atoms with Gasteiger partial charge in [0.1, 0.15) is 5.75 Å². The molecule has 0 bridgehead atoms. The summed E-state index contributed by atoms with van der Waals surface area (Å²) in [7, 11) is -3.16. The lowest BCUT2D eigenvalue weighted by Crippen LogP contribution is -2.40. The Labute approximate surface area is 194 Å². The highest BCUT2D eigenvalue weighted by Crippen LogP contribution is 2.27. The first-order chi connectivity index (χ1) is 14.8. The largest absolute Gasteiger partial charge is 0.494 e. The summed E-state index contributed by atoms with van der Waals surface area (Å²) in [4.78, 5) is 15.0. The number of rotatable bonds is 9. The van der Waals surface area contributed by atoms with Gasteiger partial charge in [-0.05, 0) is 54.8 Å². The highest BCUT2D eigenvalue weighted by molar-refractivity contribution is 7.91. The molecule has 1 amide bonds. The number of hydrogen-bond acceptors (Lipinski definition) is 4. The molecule has 1 fully saturated rings. The van der Waals surface area contributed by atoms with Crippen LogP contribution in [0.2, 0.25) is 10.0 Å². The minimum Gasteiger partial charge on any atom is -0.494 e. The lowest BCUT2D eigenvalue weighted by Gasteiger charge is -2.29. The number of ether oxygens (including phenoxy) is 1. The van der Waals surface area contributed by atoms with Crippen LogP contribution in [0.25, 0.3) is 0 Å². The summed E-state index contributed by atoms with van der Waals surface area (Å²) in [5.74, 6) is 0.525. The van der Waals surface area contributed by atoms with Gasteiger partial charge in [-0.25, -0.2) is 8.42 Å². The van der Waals surface area contributed by atoms with Crippen molar-refractivity contribution in [1.82, 2.24) is 4.90 Å². The molecule has 0 aromatic heterocycles. The van der Waals surface area contributed by atoms with Crippen molar-refractivity contribution in [2.75, 3.05) is 18.1 Å². The first kappa shape index (κ1) is 23.9. The van der Waals surface area contributed by atoms with E-state index in [0.717, 1.165) is 24.8 Å². The molecule has 1 aliphatic heterocycles. The third-order valence-electron chi connectivity index (χ3n) is 5.38. The molecule has 1 unspecified atom stereocenters. The fourth-order valence-corrected chi connectivity index (χ4v) is 5.82. The quantitative estimate of drug-likeness (QED) is 0.448. The molecule has 0 spiro atoms. The van der Waals surface area contributed by atoms with Crippen molar-refractivity contribution in [2.24, 2.45) is 0 Å². The van der Waals surface area contributed by atoms with Crippen molar-refractivity contribution in [3.05, 3.63) is 63.6 Å². The third-order valence-corrected chi connectivity index (χ3v) is 7.72. The molecule has 2 aromatic rings. The summed E-state index contributed by atoms with van der Waals surface area (Å²) in [5.41, 5.74) is 1.20. The first-order valence-electron chi connectivity index (χ1n) is 10.5. The number of halogens is 2. The van der Waals surface area contributed by atoms with E-state index in [1.54, 1.807) is 47.4 Å². The van der Waals surface area contributed by atoms with E-state index in [9.17, 15) is 13.2 Å². The van der Waals surface area contributed by atoms with E-state index in [1.165, 1.54) is 0 Å². The molecule has 1 heterocycles. The van der Waals surface area contributed by atoms with Gasteiger partial charge in [-0.1, -0.05) is 49.0 Å². The Hall–Kier alpha value is -1.76. The zero-order valence-electron chi connectivity index (χ0n) is 17.5. The maximum atomic E-state index is 13.4. The van der Waals surface area contributed by atoms with Crippen molar-refractivity contribution in [2.45, 2.75) is 45.2 Å². The van der Waals surface area contributed by atoms with Crippen LogP contribution in [0.5, 0.6) is 5.75 Å². The Kier molecular flexibility index (Phi) is 8.25. The molecule has 8 heteroatoms. The molecule has 0 aliphatic carbocycles. The van der Waals surface area contributed by atoms with Gasteiger partial charge < -0.3 is 9.64 Å². The highest BCUT2D eigenvalue weighted by atomic mass is 35.5. The Morgan fingerprint density at radius 1 is 1.13 bits per heavy atom. The van der Waals surface area contributed by atoms with Gasteiger partial charge in [0.15, 0.2) is 9.84 Å². The smallest absolute Gasteiger partial charge is 0.254 e. The SMILES string of the molecule is CCCCCOc1ccc(C(=O)N(Cc2ccc(Cl)cc2Cl)C2CCS(=O)(=O)C2)cc1. The number of unbranched alkanes of at least 4 members (excludes halogenated alkanes) is 2. The van der Waals surface area contributed by atoms with E-state index in [4.69, 9.17) is 27.9 Å². The van der Waals surface area contributed by atoms with Crippen LogP contribution in [0.3, 0.4) is 0 Å². The zero-order valence-corrected chi connectivity index (χ0v) is 19.8. The van der Waals surface area contributed by atoms with Gasteiger partial charge in [0.2, 0.25) is 0 Å². The minimum atomic E-state index is -3.16. The van der Waals surface area contributed by atoms with Crippen LogP contribution in [-0.4, -0.2) is 43.4 Å². The van der Waals surface area contributed by atoms with Gasteiger partial charge in [0.25, 0.3) is 5.91 Å². The average Bonchev–Trinajstić information content (AvgIpc) is 3.10. The molecule has 31 heavy (non-hydrogen) atoms. The molecule has 168 valence electrons. The Balaban J connectivity index is 1.78. The van der Waals surface area contributed by atoms with Crippen molar-refractivity contribution in [3.8, 4) is 5.75 Å². The fraction of sp³-hybridized carbons (Fsp3) is 0.435. The summed E-state index contributed by atoms with van der Waals surface area (Å²) < 4.78 is 29.8. The monoisotopic (exact) mass is 483 g/mol. The topological polar surface area (TPSA) is 63.7 Å². The second kappa shape index (κ2) is 10.7. The van der Waals surface area contributed by atoms with Gasteiger partial charge in [-0.15, -0.1) is 0 Å². The van der Waals surface area contributed by atoms with Gasteiger partial charge in [0, 0.05) is 28.2 Å². The molecule has 1 atom stereocenters. The lowest BCUT2D eigenvalue weighted by atomic mass is 10.1. The summed E-state index contributed by atoms with van der Waals surface area (Å²) in [6.45, 7) is 2.99. The summed E-state index contributed by atoms with van der Waals surface area (Å²) in [5, 5.41) is 0.951. The van der Waals surface area contributed by atoms with E-state index in [-0.39, 0.29) is 24.0 Å². The minimum absolute atomic E-state index is 0.0391. The number of amides is 1. The zero-order chi connectivity index (χ0) is 22.4. The van der Waals surface area contributed by atoms with Crippen LogP contribution in [0.15, 0.2) is 42.5 Å². The number of carbonyl (C=O) groups excluding carboxylic acids is 1. The van der Waals surface area contributed by atoms with E-state index < -0.39 is 15.9 Å². The van der Waals surface area contributed by atoms with Gasteiger partial charge in [-0.2, -0.15) is 0 Å². The maximum Gasteiger partial charge on any atom is 0.254 e. The number of hydrogen-bond donors (Lipinski definition) is 0. The molecule has 0 saturated carbocycles. The van der Waals surface area contributed by atoms with Crippen molar-refractivity contribution < 1.29 is 17.9 Å². The van der Waals surface area contributed by atoms with E-state index in [0.29, 0.717) is 34.4 Å². The van der Waals surface area contributed by atoms with Crippen LogP contribution in [0.1, 0.15) is 48.5 Å². The second-order valence-corrected chi connectivity index (χ2v) is 10.9. The number of carbonyl (C=O) groups is 1. The predicted octanol–water partition coefficient (Wildman–Crippen LogP) is 5.39. The van der Waals surface area contributed by atoms with Crippen LogP contribution >= 0.6 is 23.2 Å². The maximum absolute atomic E-state index is 13.4. The summed E-state index contributed by atoms with van der Waals surface area (Å²) >= 11 is 12.3. The molecule has 3 rings (SSSR count). The summed E-state index contributed by atoms with van der Waals surface area (Å²) in [6, 6.07) is 11.7. The average molecular weight is 484 g/mol. The first-order valence-corrected chi connectivity index (χ1v) is 13.0. The second-order valence-electron chi connectivity index (χ2n) is 7.81. The molecular formula is C23H27Cl2NO4S. The Morgan fingerprint density at radius 3 is 2.48 bits per heavy atom. The normalized spacial score (nSPS) is 17.5. The molecule has 2 aromatic carbocycles. The van der Waals surface area contributed by atoms with Gasteiger partial charge in [-0.3, -0.25) is 4.79 Å². The molecule has 5 nitrogen and oxygen atoms in total. The molecular weight excluding hydrogens is 457 g/mol. The summed E-state index contributed by atoms with van der Waals surface area (Å²) in [6.07, 6.45) is 3.64. The number of benzene rings is 2. The number of sulfone groups is 1. The lowest BCUT2D eigenvalue weighted by molar-refractivity contribution is 0.0681. The number of nitrogens with zero attached hydrogens (tertiary/aromatic N) is 1. The van der Waals surface area contributed by atoms with Crippen LogP contribution in [0.4, 0.5) is 0 Å². The van der Waals surface area contributed by atoms with Crippen LogP contribution in [0, 0.1) is 0 Å². The highest BCUT2D eigenvalue weighted by Gasteiger charge is 2.35. The standard InChI is InChI=1S/C23H27Cl2NO4S/c1-2-3-4-12-30-21-9-6-17(7-10-21)23(27)26(20-11-13-31(28,29)16-20)15-18-5-8-19(24)14-22(18)25/h5-10,14,20H,2-4,11-13,15-16H2,1H3.